The number of hydrogen-bond acceptors (Lipinski definition) is 2. The zero-order chi connectivity index (χ0) is 13.7. The van der Waals surface area contributed by atoms with Crippen molar-refractivity contribution in [2.75, 3.05) is 5.32 Å². The number of rotatable bonds is 4. The average Bonchev–Trinajstić information content (AvgIpc) is 2.40. The van der Waals surface area contributed by atoms with E-state index in [4.69, 9.17) is 16.3 Å². The van der Waals surface area contributed by atoms with Gasteiger partial charge in [-0.3, -0.25) is 4.79 Å². The third-order valence-corrected chi connectivity index (χ3v) is 2.75. The van der Waals surface area contributed by atoms with E-state index in [1.165, 1.54) is 0 Å². The van der Waals surface area contributed by atoms with Crippen LogP contribution >= 0.6 is 11.6 Å². The molecule has 1 atom stereocenters. The number of ether oxygens (including phenoxy) is 1. The largest absolute Gasteiger partial charge is 0.481 e. The number of benzene rings is 2. The van der Waals surface area contributed by atoms with Crippen molar-refractivity contribution < 1.29 is 9.53 Å². The summed E-state index contributed by atoms with van der Waals surface area (Å²) < 4.78 is 5.53. The first-order chi connectivity index (χ1) is 9.15. The Morgan fingerprint density at radius 3 is 2.58 bits per heavy atom. The first-order valence-corrected chi connectivity index (χ1v) is 6.31. The molecule has 0 aliphatic carbocycles. The molecule has 0 radical (unpaired) electrons. The molecule has 98 valence electrons. The second-order valence-corrected chi connectivity index (χ2v) is 4.51. The van der Waals surface area contributed by atoms with E-state index < -0.39 is 6.10 Å². The predicted molar refractivity (Wildman–Crippen MR) is 76.6 cm³/mol. The summed E-state index contributed by atoms with van der Waals surface area (Å²) in [6.45, 7) is 1.69. The molecule has 19 heavy (non-hydrogen) atoms. The lowest BCUT2D eigenvalue weighted by Crippen LogP contribution is -2.30. The standard InChI is InChI=1S/C15H14ClNO2/c1-11(19-14-9-5-6-12(16)10-14)15(18)17-13-7-3-2-4-8-13/h2-11H,1H3,(H,17,18)/t11-/m0/s1. The van der Waals surface area contributed by atoms with E-state index in [1.54, 1.807) is 31.2 Å². The van der Waals surface area contributed by atoms with Crippen molar-refractivity contribution in [1.29, 1.82) is 0 Å². The normalized spacial score (nSPS) is 11.7. The monoisotopic (exact) mass is 275 g/mol. The molecule has 0 heterocycles. The lowest BCUT2D eigenvalue weighted by molar-refractivity contribution is -0.122. The van der Waals surface area contributed by atoms with Crippen LogP contribution in [0, 0.1) is 0 Å². The molecule has 4 heteroatoms. The first-order valence-electron chi connectivity index (χ1n) is 5.93. The molecule has 2 rings (SSSR count). The van der Waals surface area contributed by atoms with Crippen molar-refractivity contribution in [3.8, 4) is 5.75 Å². The Kier molecular flexibility index (Phi) is 4.42. The van der Waals surface area contributed by atoms with Crippen LogP contribution in [-0.4, -0.2) is 12.0 Å². The smallest absolute Gasteiger partial charge is 0.265 e. The second kappa shape index (κ2) is 6.25. The topological polar surface area (TPSA) is 38.3 Å². The van der Waals surface area contributed by atoms with Crippen molar-refractivity contribution in [3.63, 3.8) is 0 Å². The molecule has 0 saturated heterocycles. The van der Waals surface area contributed by atoms with E-state index in [0.29, 0.717) is 10.8 Å². The number of carbonyl (C=O) groups is 1. The molecular weight excluding hydrogens is 262 g/mol. The Balaban J connectivity index is 1.96. The Hall–Kier alpha value is -2.00. The molecule has 0 unspecified atom stereocenters. The lowest BCUT2D eigenvalue weighted by atomic mass is 10.3. The van der Waals surface area contributed by atoms with Gasteiger partial charge in [0, 0.05) is 10.7 Å². The summed E-state index contributed by atoms with van der Waals surface area (Å²) in [5.41, 5.74) is 0.744. The van der Waals surface area contributed by atoms with Crippen LogP contribution in [0.1, 0.15) is 6.92 Å². The van der Waals surface area contributed by atoms with E-state index in [1.807, 2.05) is 30.3 Å². The fraction of sp³-hybridized carbons (Fsp3) is 0.133. The molecule has 1 N–H and O–H groups in total. The van der Waals surface area contributed by atoms with Crippen LogP contribution in [0.25, 0.3) is 0 Å². The van der Waals surface area contributed by atoms with E-state index in [-0.39, 0.29) is 5.91 Å². The Bertz CT molecular complexity index is 557. The quantitative estimate of drug-likeness (QED) is 0.923. The summed E-state index contributed by atoms with van der Waals surface area (Å²) >= 11 is 5.86. The maximum absolute atomic E-state index is 11.9. The van der Waals surface area contributed by atoms with Crippen molar-refractivity contribution in [3.05, 3.63) is 59.6 Å². The predicted octanol–water partition coefficient (Wildman–Crippen LogP) is 3.75. The number of halogens is 1. The minimum absolute atomic E-state index is 0.203. The van der Waals surface area contributed by atoms with Gasteiger partial charge in [-0.15, -0.1) is 0 Å². The fourth-order valence-electron chi connectivity index (χ4n) is 1.56. The van der Waals surface area contributed by atoms with Gasteiger partial charge in [0.25, 0.3) is 5.91 Å². The SMILES string of the molecule is C[C@H](Oc1cccc(Cl)c1)C(=O)Nc1ccccc1. The van der Waals surface area contributed by atoms with Gasteiger partial charge >= 0.3 is 0 Å². The van der Waals surface area contributed by atoms with Gasteiger partial charge in [-0.25, -0.2) is 0 Å². The Morgan fingerprint density at radius 1 is 1.16 bits per heavy atom. The van der Waals surface area contributed by atoms with E-state index >= 15 is 0 Å². The molecular formula is C15H14ClNO2. The minimum Gasteiger partial charge on any atom is -0.481 e. The molecule has 1 amide bonds. The maximum Gasteiger partial charge on any atom is 0.265 e. The number of carbonyl (C=O) groups excluding carboxylic acids is 1. The molecule has 0 spiro atoms. The Labute approximate surface area is 117 Å². The zero-order valence-corrected chi connectivity index (χ0v) is 11.2. The van der Waals surface area contributed by atoms with Gasteiger partial charge in [-0.05, 0) is 37.3 Å². The first kappa shape index (κ1) is 13.4. The second-order valence-electron chi connectivity index (χ2n) is 4.07. The number of nitrogens with one attached hydrogen (secondary N) is 1. The van der Waals surface area contributed by atoms with Crippen LogP contribution < -0.4 is 10.1 Å². The molecule has 3 nitrogen and oxygen atoms in total. The van der Waals surface area contributed by atoms with Crippen LogP contribution in [0.2, 0.25) is 5.02 Å². The molecule has 0 fully saturated rings. The number of anilines is 1. The Morgan fingerprint density at radius 2 is 1.89 bits per heavy atom. The molecule has 0 saturated carbocycles. The highest BCUT2D eigenvalue weighted by Gasteiger charge is 2.14. The van der Waals surface area contributed by atoms with Crippen LogP contribution in [0.4, 0.5) is 5.69 Å². The van der Waals surface area contributed by atoms with Crippen molar-refractivity contribution in [2.45, 2.75) is 13.0 Å². The molecule has 0 aliphatic rings. The van der Waals surface area contributed by atoms with E-state index in [0.717, 1.165) is 5.69 Å². The van der Waals surface area contributed by atoms with Gasteiger partial charge in [0.1, 0.15) is 5.75 Å². The fourth-order valence-corrected chi connectivity index (χ4v) is 1.74. The van der Waals surface area contributed by atoms with Gasteiger partial charge in [0.05, 0.1) is 0 Å². The summed E-state index contributed by atoms with van der Waals surface area (Å²) in [4.78, 5) is 11.9. The highest BCUT2D eigenvalue weighted by Crippen LogP contribution is 2.18. The van der Waals surface area contributed by atoms with Gasteiger partial charge in [0.2, 0.25) is 0 Å². The van der Waals surface area contributed by atoms with Crippen LogP contribution in [-0.2, 0) is 4.79 Å². The van der Waals surface area contributed by atoms with Crippen LogP contribution in [0.15, 0.2) is 54.6 Å². The van der Waals surface area contributed by atoms with E-state index in [9.17, 15) is 4.79 Å². The van der Waals surface area contributed by atoms with Crippen molar-refractivity contribution in [2.24, 2.45) is 0 Å². The number of para-hydroxylation sites is 1. The molecule has 0 bridgehead atoms. The van der Waals surface area contributed by atoms with Crippen LogP contribution in [0.5, 0.6) is 5.75 Å². The third-order valence-electron chi connectivity index (χ3n) is 2.52. The third kappa shape index (κ3) is 4.00. The molecule has 0 aromatic heterocycles. The lowest BCUT2D eigenvalue weighted by Gasteiger charge is -2.14. The van der Waals surface area contributed by atoms with Crippen molar-refractivity contribution in [1.82, 2.24) is 0 Å². The van der Waals surface area contributed by atoms with Gasteiger partial charge in [0.15, 0.2) is 6.10 Å². The summed E-state index contributed by atoms with van der Waals surface area (Å²) in [6.07, 6.45) is -0.598. The highest BCUT2D eigenvalue weighted by atomic mass is 35.5. The summed E-state index contributed by atoms with van der Waals surface area (Å²) in [5, 5.41) is 3.36. The maximum atomic E-state index is 11.9. The van der Waals surface area contributed by atoms with Crippen molar-refractivity contribution >= 4 is 23.2 Å². The highest BCUT2D eigenvalue weighted by molar-refractivity contribution is 6.30. The molecule has 0 aliphatic heterocycles. The van der Waals surface area contributed by atoms with Gasteiger partial charge in [-0.2, -0.15) is 0 Å². The number of hydrogen-bond donors (Lipinski definition) is 1. The zero-order valence-electron chi connectivity index (χ0n) is 10.5. The summed E-state index contributed by atoms with van der Waals surface area (Å²) in [7, 11) is 0. The average molecular weight is 276 g/mol. The minimum atomic E-state index is -0.598. The van der Waals surface area contributed by atoms with Crippen LogP contribution in [0.3, 0.4) is 0 Å². The molecule has 2 aromatic rings. The van der Waals surface area contributed by atoms with E-state index in [2.05, 4.69) is 5.32 Å². The van der Waals surface area contributed by atoms with Gasteiger partial charge in [-0.1, -0.05) is 35.9 Å². The number of amides is 1. The summed E-state index contributed by atoms with van der Waals surface area (Å²) in [5.74, 6) is 0.370. The molecule has 2 aromatic carbocycles. The van der Waals surface area contributed by atoms with Gasteiger partial charge < -0.3 is 10.1 Å². The summed E-state index contributed by atoms with van der Waals surface area (Å²) in [6, 6.07) is 16.2.